The number of thiocarbonyl (C=S) groups is 1. The number of rotatable bonds is 1. The van der Waals surface area contributed by atoms with Crippen LogP contribution in [0.4, 0.5) is 0 Å². The molecule has 17 heavy (non-hydrogen) atoms. The highest BCUT2D eigenvalue weighted by atomic mass is 35.5. The number of likely N-dealkylation sites (N-methyl/N-ethyl adjacent to an activating group) is 2. The van der Waals surface area contributed by atoms with Gasteiger partial charge in [0.2, 0.25) is 0 Å². The number of hydrogen-bond acceptors (Lipinski definition) is 2. The number of halogens is 1. The van der Waals surface area contributed by atoms with Crippen molar-refractivity contribution in [3.8, 4) is 0 Å². The van der Waals surface area contributed by atoms with Crippen LogP contribution in [-0.2, 0) is 4.79 Å². The number of benzene rings is 1. The summed E-state index contributed by atoms with van der Waals surface area (Å²) < 4.78 is 0. The molecular weight excluding hydrogens is 256 g/mol. The summed E-state index contributed by atoms with van der Waals surface area (Å²) in [6.45, 7) is 0. The Morgan fingerprint density at radius 2 is 1.76 bits per heavy atom. The summed E-state index contributed by atoms with van der Waals surface area (Å²) in [4.78, 5) is 15.1. The van der Waals surface area contributed by atoms with Crippen LogP contribution in [0.15, 0.2) is 30.0 Å². The molecule has 0 saturated carbocycles. The zero-order chi connectivity index (χ0) is 12.6. The first-order valence-corrected chi connectivity index (χ1v) is 5.82. The zero-order valence-corrected chi connectivity index (χ0v) is 11.0. The molecule has 1 fully saturated rings. The van der Waals surface area contributed by atoms with Crippen LogP contribution in [-0.4, -0.2) is 34.9 Å². The number of carbonyl (C=O) groups excluding carboxylic acids is 1. The van der Waals surface area contributed by atoms with Crippen molar-refractivity contribution in [2.24, 2.45) is 0 Å². The molecule has 1 aromatic carbocycles. The van der Waals surface area contributed by atoms with E-state index in [4.69, 9.17) is 23.8 Å². The lowest BCUT2D eigenvalue weighted by molar-refractivity contribution is -0.121. The van der Waals surface area contributed by atoms with Crippen LogP contribution in [0.2, 0.25) is 5.02 Å². The Morgan fingerprint density at radius 3 is 2.24 bits per heavy atom. The molecule has 0 radical (unpaired) electrons. The molecular formula is C12H11ClN2OS. The highest BCUT2D eigenvalue weighted by Gasteiger charge is 2.32. The van der Waals surface area contributed by atoms with E-state index >= 15 is 0 Å². The molecule has 0 unspecified atom stereocenters. The van der Waals surface area contributed by atoms with E-state index in [1.165, 1.54) is 4.90 Å². The number of hydrogen-bond donors (Lipinski definition) is 0. The third-order valence-corrected chi connectivity index (χ3v) is 3.43. The van der Waals surface area contributed by atoms with Crippen molar-refractivity contribution in [2.45, 2.75) is 0 Å². The first-order valence-electron chi connectivity index (χ1n) is 5.03. The smallest absolute Gasteiger partial charge is 0.276 e. The van der Waals surface area contributed by atoms with Gasteiger partial charge in [0.25, 0.3) is 5.91 Å². The summed E-state index contributed by atoms with van der Waals surface area (Å²) in [6, 6.07) is 7.29. The van der Waals surface area contributed by atoms with Crippen molar-refractivity contribution in [1.29, 1.82) is 0 Å². The summed E-state index contributed by atoms with van der Waals surface area (Å²) in [5.41, 5.74) is 1.49. The van der Waals surface area contributed by atoms with Crippen LogP contribution in [0.5, 0.6) is 0 Å². The average Bonchev–Trinajstić information content (AvgIpc) is 2.50. The SMILES string of the molecule is CN1C(=O)/C(=C\c2ccc(Cl)cc2)N(C)C1=S. The Kier molecular flexibility index (Phi) is 3.17. The minimum absolute atomic E-state index is 0.0903. The zero-order valence-electron chi connectivity index (χ0n) is 9.48. The highest BCUT2D eigenvalue weighted by Crippen LogP contribution is 2.21. The Balaban J connectivity index is 2.37. The van der Waals surface area contributed by atoms with Gasteiger partial charge in [-0.3, -0.25) is 9.69 Å². The summed E-state index contributed by atoms with van der Waals surface area (Å²) in [6.07, 6.45) is 1.80. The Hall–Kier alpha value is -1.39. The molecule has 88 valence electrons. The second-order valence-electron chi connectivity index (χ2n) is 3.79. The van der Waals surface area contributed by atoms with Crippen LogP contribution in [0.3, 0.4) is 0 Å². The molecule has 2 rings (SSSR count). The van der Waals surface area contributed by atoms with E-state index in [0.29, 0.717) is 15.8 Å². The van der Waals surface area contributed by atoms with Gasteiger partial charge in [0.15, 0.2) is 5.11 Å². The van der Waals surface area contributed by atoms with E-state index in [0.717, 1.165) is 5.56 Å². The number of amides is 1. The maximum Gasteiger partial charge on any atom is 0.276 e. The fraction of sp³-hybridized carbons (Fsp3) is 0.167. The van der Waals surface area contributed by atoms with Gasteiger partial charge in [-0.05, 0) is 36.0 Å². The first-order chi connectivity index (χ1) is 8.00. The predicted molar refractivity (Wildman–Crippen MR) is 72.6 cm³/mol. The van der Waals surface area contributed by atoms with Crippen molar-refractivity contribution in [1.82, 2.24) is 9.80 Å². The van der Waals surface area contributed by atoms with Crippen LogP contribution < -0.4 is 0 Å². The molecule has 0 spiro atoms. The summed E-state index contributed by atoms with van der Waals surface area (Å²) in [5, 5.41) is 1.18. The van der Waals surface area contributed by atoms with Crippen molar-refractivity contribution >= 4 is 40.9 Å². The molecule has 1 heterocycles. The molecule has 1 aromatic rings. The van der Waals surface area contributed by atoms with Crippen LogP contribution in [0.1, 0.15) is 5.56 Å². The van der Waals surface area contributed by atoms with Gasteiger partial charge in [0.05, 0.1) is 0 Å². The van der Waals surface area contributed by atoms with Gasteiger partial charge in [0, 0.05) is 19.1 Å². The van der Waals surface area contributed by atoms with Crippen molar-refractivity contribution in [3.63, 3.8) is 0 Å². The molecule has 1 saturated heterocycles. The van der Waals surface area contributed by atoms with Crippen molar-refractivity contribution < 1.29 is 4.79 Å². The summed E-state index contributed by atoms with van der Waals surface area (Å²) in [5.74, 6) is -0.0903. The van der Waals surface area contributed by atoms with Gasteiger partial charge in [-0.1, -0.05) is 23.7 Å². The monoisotopic (exact) mass is 266 g/mol. The van der Waals surface area contributed by atoms with Gasteiger partial charge in [-0.25, -0.2) is 0 Å². The lowest BCUT2D eigenvalue weighted by Gasteiger charge is -2.11. The molecule has 3 nitrogen and oxygen atoms in total. The average molecular weight is 267 g/mol. The van der Waals surface area contributed by atoms with Crippen molar-refractivity contribution in [2.75, 3.05) is 14.1 Å². The second-order valence-corrected chi connectivity index (χ2v) is 4.59. The van der Waals surface area contributed by atoms with Crippen LogP contribution >= 0.6 is 23.8 Å². The predicted octanol–water partition coefficient (Wildman–Crippen LogP) is 2.37. The molecule has 5 heteroatoms. The van der Waals surface area contributed by atoms with E-state index in [2.05, 4.69) is 0 Å². The largest absolute Gasteiger partial charge is 0.317 e. The van der Waals surface area contributed by atoms with E-state index in [-0.39, 0.29) is 5.91 Å². The molecule has 0 bridgehead atoms. The molecule has 0 atom stereocenters. The fourth-order valence-electron chi connectivity index (χ4n) is 1.61. The van der Waals surface area contributed by atoms with E-state index in [9.17, 15) is 4.79 Å². The standard InChI is InChI=1S/C12H11ClN2OS/c1-14-10(11(16)15(2)12(14)17)7-8-3-5-9(13)6-4-8/h3-7H,1-2H3/b10-7+. The van der Waals surface area contributed by atoms with Gasteiger partial charge >= 0.3 is 0 Å². The van der Waals surface area contributed by atoms with Gasteiger partial charge in [-0.2, -0.15) is 0 Å². The van der Waals surface area contributed by atoms with Crippen molar-refractivity contribution in [3.05, 3.63) is 40.5 Å². The lowest BCUT2D eigenvalue weighted by Crippen LogP contribution is -2.26. The Bertz CT molecular complexity index is 510. The third kappa shape index (κ3) is 2.18. The molecule has 1 amide bonds. The normalized spacial score (nSPS) is 18.4. The minimum Gasteiger partial charge on any atom is -0.317 e. The van der Waals surface area contributed by atoms with E-state index < -0.39 is 0 Å². The number of nitrogens with zero attached hydrogens (tertiary/aromatic N) is 2. The Morgan fingerprint density at radius 1 is 1.18 bits per heavy atom. The quantitative estimate of drug-likeness (QED) is 0.576. The topological polar surface area (TPSA) is 23.6 Å². The Labute approximate surface area is 110 Å². The third-order valence-electron chi connectivity index (χ3n) is 2.63. The molecule has 0 N–H and O–H groups in total. The summed E-state index contributed by atoms with van der Waals surface area (Å²) in [7, 11) is 3.45. The van der Waals surface area contributed by atoms with Gasteiger partial charge in [-0.15, -0.1) is 0 Å². The van der Waals surface area contributed by atoms with Gasteiger partial charge < -0.3 is 4.90 Å². The van der Waals surface area contributed by atoms with E-state index in [1.54, 1.807) is 37.2 Å². The van der Waals surface area contributed by atoms with Gasteiger partial charge in [0.1, 0.15) is 5.70 Å². The van der Waals surface area contributed by atoms with Crippen LogP contribution in [0, 0.1) is 0 Å². The molecule has 0 aliphatic carbocycles. The molecule has 1 aliphatic rings. The summed E-state index contributed by atoms with van der Waals surface area (Å²) >= 11 is 10.9. The maximum atomic E-state index is 11.9. The highest BCUT2D eigenvalue weighted by molar-refractivity contribution is 7.80. The minimum atomic E-state index is -0.0903. The second kappa shape index (κ2) is 4.47. The fourth-order valence-corrected chi connectivity index (χ4v) is 1.91. The first kappa shape index (κ1) is 12.1. The molecule has 1 aliphatic heterocycles. The lowest BCUT2D eigenvalue weighted by atomic mass is 10.2. The maximum absolute atomic E-state index is 11.9. The van der Waals surface area contributed by atoms with Crippen LogP contribution in [0.25, 0.3) is 6.08 Å². The molecule has 0 aromatic heterocycles. The number of carbonyl (C=O) groups is 1. The van der Waals surface area contributed by atoms with E-state index in [1.807, 2.05) is 12.1 Å².